The molecule has 0 saturated heterocycles. The molecular weight excluding hydrogens is 609 g/mol. The molecule has 3 aromatic heterocycles. The molecule has 0 spiro atoms. The number of nitrogens with zero attached hydrogens (tertiary/aromatic N) is 3. The molecule has 1 aromatic carbocycles. The number of pyridine rings is 2. The zero-order valence-corrected chi connectivity index (χ0v) is 26.3. The van der Waals surface area contributed by atoms with Crippen LogP contribution >= 0.6 is 11.6 Å². The highest BCUT2D eigenvalue weighted by Gasteiger charge is 2.45. The van der Waals surface area contributed by atoms with Crippen LogP contribution in [0.15, 0.2) is 42.5 Å². The van der Waals surface area contributed by atoms with Gasteiger partial charge in [-0.05, 0) is 87.8 Å². The molecule has 0 unspecified atom stereocenters. The molecule has 3 aliphatic carbocycles. The van der Waals surface area contributed by atoms with Crippen LogP contribution in [0, 0.1) is 11.7 Å². The molecule has 3 N–H and O–H groups in total. The van der Waals surface area contributed by atoms with Crippen LogP contribution in [0.1, 0.15) is 91.0 Å². The van der Waals surface area contributed by atoms with E-state index in [4.69, 9.17) is 36.9 Å². The van der Waals surface area contributed by atoms with Crippen LogP contribution in [0.25, 0.3) is 16.8 Å². The van der Waals surface area contributed by atoms with Gasteiger partial charge in [0.15, 0.2) is 0 Å². The van der Waals surface area contributed by atoms with Gasteiger partial charge in [0.25, 0.3) is 5.91 Å². The van der Waals surface area contributed by atoms with E-state index in [-0.39, 0.29) is 35.5 Å². The SMILES string of the molecule is C[C@]1(C(N)=O)COc2c1cc([C@@H](CNC(=O)c1cc(OC3CC3)n3nc(C4CC4)cc3c1)C1CCC1)nc2-c1ccc(F)c(Cl)c1. The summed E-state index contributed by atoms with van der Waals surface area (Å²) in [4.78, 5) is 31.5. The van der Waals surface area contributed by atoms with Crippen molar-refractivity contribution in [2.24, 2.45) is 11.7 Å². The fraction of sp³-hybridized carbons (Fsp3) is 0.429. The molecule has 11 heteroatoms. The molecule has 46 heavy (non-hydrogen) atoms. The molecule has 8 rings (SSSR count). The molecule has 2 amide bonds. The second kappa shape index (κ2) is 11.0. The van der Waals surface area contributed by atoms with Crippen molar-refractivity contribution in [2.45, 2.75) is 75.2 Å². The van der Waals surface area contributed by atoms with E-state index in [1.165, 1.54) is 12.1 Å². The van der Waals surface area contributed by atoms with Gasteiger partial charge in [-0.1, -0.05) is 18.0 Å². The van der Waals surface area contributed by atoms with E-state index in [2.05, 4.69) is 11.4 Å². The van der Waals surface area contributed by atoms with Gasteiger partial charge in [0.1, 0.15) is 35.4 Å². The molecule has 9 nitrogen and oxygen atoms in total. The second-order valence-corrected chi connectivity index (χ2v) is 13.9. The number of fused-ring (bicyclic) bond motifs is 2. The van der Waals surface area contributed by atoms with Crippen molar-refractivity contribution < 1.29 is 23.5 Å². The van der Waals surface area contributed by atoms with Gasteiger partial charge < -0.3 is 20.5 Å². The number of halogens is 2. The predicted octanol–water partition coefficient (Wildman–Crippen LogP) is 6.06. The summed E-state index contributed by atoms with van der Waals surface area (Å²) in [5, 5.41) is 7.93. The van der Waals surface area contributed by atoms with Crippen molar-refractivity contribution in [1.29, 1.82) is 0 Å². The Kier molecular flexibility index (Phi) is 6.97. The van der Waals surface area contributed by atoms with Crippen LogP contribution in [0.2, 0.25) is 5.02 Å². The Hall–Kier alpha value is -4.18. The number of hydrogen-bond donors (Lipinski definition) is 2. The van der Waals surface area contributed by atoms with E-state index in [1.807, 2.05) is 16.6 Å². The first-order valence-corrected chi connectivity index (χ1v) is 16.5. The van der Waals surface area contributed by atoms with E-state index in [0.717, 1.165) is 61.9 Å². The summed E-state index contributed by atoms with van der Waals surface area (Å²) in [6.45, 7) is 2.17. The van der Waals surface area contributed by atoms with E-state index < -0.39 is 17.1 Å². The zero-order chi connectivity index (χ0) is 31.7. The lowest BCUT2D eigenvalue weighted by Crippen LogP contribution is -2.40. The van der Waals surface area contributed by atoms with Gasteiger partial charge in [-0.15, -0.1) is 0 Å². The standard InChI is InChI=1S/C35H35ClFN5O4/c1-35(34(38)44)17-45-32-25(35)15-29(40-31(32)20-7-10-27(37)26(36)12-20)24(18-3-2-4-18)16-39-33(43)21-11-22-14-28(19-5-6-19)41-42(22)30(13-21)46-23-8-9-23/h7,10-15,18-19,23-24H,2-6,8-9,16-17H2,1H3,(H2,38,44)(H,39,43)/t24-,35-/m0/s1. The third-order valence-corrected chi connectivity index (χ3v) is 10.3. The average Bonchev–Trinajstić information content (AvgIpc) is 3.95. The van der Waals surface area contributed by atoms with Crippen LogP contribution in [-0.4, -0.2) is 45.7 Å². The van der Waals surface area contributed by atoms with Crippen molar-refractivity contribution in [3.05, 3.63) is 75.8 Å². The van der Waals surface area contributed by atoms with E-state index in [9.17, 15) is 14.0 Å². The molecule has 3 fully saturated rings. The van der Waals surface area contributed by atoms with Crippen molar-refractivity contribution in [2.75, 3.05) is 13.2 Å². The minimum atomic E-state index is -1.07. The van der Waals surface area contributed by atoms with Crippen LogP contribution in [-0.2, 0) is 10.2 Å². The molecule has 4 heterocycles. The Bertz CT molecular complexity index is 1900. The number of amides is 2. The lowest BCUT2D eigenvalue weighted by molar-refractivity contribution is -0.123. The predicted molar refractivity (Wildman–Crippen MR) is 170 cm³/mol. The fourth-order valence-electron chi connectivity index (χ4n) is 6.54. The lowest BCUT2D eigenvalue weighted by Gasteiger charge is -2.34. The normalized spacial score (nSPS) is 21.4. The summed E-state index contributed by atoms with van der Waals surface area (Å²) < 4.78 is 28.1. The quantitative estimate of drug-likeness (QED) is 0.217. The molecule has 0 radical (unpaired) electrons. The Morgan fingerprint density at radius 2 is 1.96 bits per heavy atom. The summed E-state index contributed by atoms with van der Waals surface area (Å²) >= 11 is 6.17. The average molecular weight is 644 g/mol. The molecule has 1 aliphatic heterocycles. The number of aromatic nitrogens is 3. The Labute approximate surface area is 270 Å². The number of carbonyl (C=O) groups excluding carboxylic acids is 2. The third-order valence-electron chi connectivity index (χ3n) is 10.0. The van der Waals surface area contributed by atoms with Crippen LogP contribution in [0.4, 0.5) is 4.39 Å². The largest absolute Gasteiger partial charge is 0.489 e. The van der Waals surface area contributed by atoms with Crippen molar-refractivity contribution in [3.8, 4) is 22.9 Å². The van der Waals surface area contributed by atoms with Gasteiger partial charge in [-0.2, -0.15) is 5.10 Å². The van der Waals surface area contributed by atoms with Gasteiger partial charge in [-0.3, -0.25) is 9.59 Å². The van der Waals surface area contributed by atoms with Crippen LogP contribution in [0.3, 0.4) is 0 Å². The minimum absolute atomic E-state index is 0.0404. The van der Waals surface area contributed by atoms with Gasteiger partial charge in [-0.25, -0.2) is 13.9 Å². The highest BCUT2D eigenvalue weighted by molar-refractivity contribution is 6.31. The Morgan fingerprint density at radius 1 is 1.15 bits per heavy atom. The fourth-order valence-corrected chi connectivity index (χ4v) is 6.72. The molecule has 0 bridgehead atoms. The summed E-state index contributed by atoms with van der Waals surface area (Å²) in [5.41, 5.74) is 9.59. The molecule has 238 valence electrons. The number of nitrogens with one attached hydrogen (secondary N) is 1. The maximum Gasteiger partial charge on any atom is 0.251 e. The first-order valence-electron chi connectivity index (χ1n) is 16.1. The van der Waals surface area contributed by atoms with Crippen LogP contribution < -0.4 is 20.5 Å². The highest BCUT2D eigenvalue weighted by Crippen LogP contribution is 2.48. The lowest BCUT2D eigenvalue weighted by atomic mass is 9.73. The number of benzene rings is 1. The number of primary amides is 1. The maximum atomic E-state index is 14.1. The summed E-state index contributed by atoms with van der Waals surface area (Å²) in [6.07, 6.45) is 7.49. The summed E-state index contributed by atoms with van der Waals surface area (Å²) in [5.74, 6) is 0.380. The number of nitrogens with two attached hydrogens (primary N) is 1. The second-order valence-electron chi connectivity index (χ2n) is 13.5. The van der Waals surface area contributed by atoms with E-state index in [0.29, 0.717) is 46.5 Å². The summed E-state index contributed by atoms with van der Waals surface area (Å²) in [6, 6.07) is 12.0. The topological polar surface area (TPSA) is 121 Å². The van der Waals surface area contributed by atoms with E-state index in [1.54, 1.807) is 19.1 Å². The molecular formula is C35H35ClFN5O4. The maximum absolute atomic E-state index is 14.1. The van der Waals surface area contributed by atoms with Gasteiger partial charge in [0.2, 0.25) is 11.8 Å². The Balaban J connectivity index is 1.14. The number of hydrogen-bond acceptors (Lipinski definition) is 6. The van der Waals surface area contributed by atoms with Crippen molar-refractivity contribution >= 4 is 28.9 Å². The van der Waals surface area contributed by atoms with Gasteiger partial charge in [0, 0.05) is 46.8 Å². The van der Waals surface area contributed by atoms with Gasteiger partial charge >= 0.3 is 0 Å². The molecule has 3 saturated carbocycles. The number of rotatable bonds is 10. The van der Waals surface area contributed by atoms with Crippen molar-refractivity contribution in [3.63, 3.8) is 0 Å². The molecule has 4 aliphatic rings. The smallest absolute Gasteiger partial charge is 0.251 e. The first kappa shape index (κ1) is 29.2. The minimum Gasteiger partial charge on any atom is -0.489 e. The summed E-state index contributed by atoms with van der Waals surface area (Å²) in [7, 11) is 0. The number of carbonyl (C=O) groups is 2. The van der Waals surface area contributed by atoms with Crippen molar-refractivity contribution in [1.82, 2.24) is 19.9 Å². The Morgan fingerprint density at radius 3 is 2.63 bits per heavy atom. The number of ether oxygens (including phenoxy) is 2. The highest BCUT2D eigenvalue weighted by atomic mass is 35.5. The third kappa shape index (κ3) is 5.16. The molecule has 2 atom stereocenters. The first-order chi connectivity index (χ1) is 22.2. The zero-order valence-electron chi connectivity index (χ0n) is 25.5. The van der Waals surface area contributed by atoms with Gasteiger partial charge in [0.05, 0.1) is 16.2 Å². The van der Waals surface area contributed by atoms with Crippen LogP contribution in [0.5, 0.6) is 11.6 Å². The molecule has 4 aromatic rings. The monoisotopic (exact) mass is 643 g/mol. The van der Waals surface area contributed by atoms with E-state index >= 15 is 0 Å².